The third kappa shape index (κ3) is 3.66. The third-order valence-corrected chi connectivity index (χ3v) is 3.43. The standard InChI is InChI=1S/C15H12Cl3NO/c1-9(16)13-4-2-3-5-14(13)19-15(20)10-6-11(17)8-12(18)7-10/h2-9H,1H3,(H,19,20). The summed E-state index contributed by atoms with van der Waals surface area (Å²) in [6.07, 6.45) is 0. The van der Waals surface area contributed by atoms with E-state index in [0.717, 1.165) is 5.56 Å². The number of benzene rings is 2. The zero-order chi connectivity index (χ0) is 14.7. The van der Waals surface area contributed by atoms with E-state index in [1.807, 2.05) is 25.1 Å². The molecule has 104 valence electrons. The van der Waals surface area contributed by atoms with Crippen LogP contribution in [0.1, 0.15) is 28.2 Å². The van der Waals surface area contributed by atoms with E-state index in [1.165, 1.54) is 0 Å². The summed E-state index contributed by atoms with van der Waals surface area (Å²) >= 11 is 17.9. The predicted molar refractivity (Wildman–Crippen MR) is 85.1 cm³/mol. The van der Waals surface area contributed by atoms with Crippen molar-refractivity contribution in [1.82, 2.24) is 0 Å². The summed E-state index contributed by atoms with van der Waals surface area (Å²) in [5.41, 5.74) is 1.94. The SMILES string of the molecule is CC(Cl)c1ccccc1NC(=O)c1cc(Cl)cc(Cl)c1. The molecule has 0 aliphatic rings. The first-order valence-electron chi connectivity index (χ1n) is 5.98. The van der Waals surface area contributed by atoms with Gasteiger partial charge in [0.25, 0.3) is 5.91 Å². The van der Waals surface area contributed by atoms with Gasteiger partial charge in [0.15, 0.2) is 0 Å². The van der Waals surface area contributed by atoms with Gasteiger partial charge in [-0.25, -0.2) is 0 Å². The molecule has 2 aromatic rings. The zero-order valence-electron chi connectivity index (χ0n) is 10.7. The molecule has 2 rings (SSSR count). The highest BCUT2D eigenvalue weighted by Crippen LogP contribution is 2.28. The Morgan fingerprint density at radius 2 is 1.70 bits per heavy atom. The molecule has 0 saturated heterocycles. The van der Waals surface area contributed by atoms with E-state index in [0.29, 0.717) is 21.3 Å². The number of rotatable bonds is 3. The Morgan fingerprint density at radius 3 is 2.30 bits per heavy atom. The van der Waals surface area contributed by atoms with E-state index in [1.54, 1.807) is 24.3 Å². The first-order valence-corrected chi connectivity index (χ1v) is 7.17. The number of halogens is 3. The van der Waals surface area contributed by atoms with Crippen LogP contribution in [0.25, 0.3) is 0 Å². The van der Waals surface area contributed by atoms with Gasteiger partial charge < -0.3 is 5.32 Å². The number of nitrogens with one attached hydrogen (secondary N) is 1. The van der Waals surface area contributed by atoms with Gasteiger partial charge in [-0.2, -0.15) is 0 Å². The summed E-state index contributed by atoms with van der Waals surface area (Å²) in [6.45, 7) is 1.85. The maximum Gasteiger partial charge on any atom is 0.255 e. The highest BCUT2D eigenvalue weighted by molar-refractivity contribution is 6.35. The Hall–Kier alpha value is -1.22. The highest BCUT2D eigenvalue weighted by Gasteiger charge is 2.12. The van der Waals surface area contributed by atoms with Crippen LogP contribution >= 0.6 is 34.8 Å². The lowest BCUT2D eigenvalue weighted by Gasteiger charge is -2.12. The van der Waals surface area contributed by atoms with Crippen LogP contribution < -0.4 is 5.32 Å². The average molecular weight is 329 g/mol. The topological polar surface area (TPSA) is 29.1 Å². The second-order valence-corrected chi connectivity index (χ2v) is 5.84. The molecule has 0 heterocycles. The highest BCUT2D eigenvalue weighted by atomic mass is 35.5. The molecule has 0 spiro atoms. The maximum absolute atomic E-state index is 12.2. The Bertz CT molecular complexity index is 621. The van der Waals surface area contributed by atoms with E-state index < -0.39 is 0 Å². The van der Waals surface area contributed by atoms with E-state index in [4.69, 9.17) is 34.8 Å². The lowest BCUT2D eigenvalue weighted by molar-refractivity contribution is 0.102. The molecule has 0 aliphatic carbocycles. The summed E-state index contributed by atoms with van der Waals surface area (Å²) in [5, 5.41) is 3.46. The Kier molecular flexibility index (Phi) is 4.92. The third-order valence-electron chi connectivity index (χ3n) is 2.76. The molecule has 0 fully saturated rings. The van der Waals surface area contributed by atoms with E-state index >= 15 is 0 Å². The molecule has 1 amide bonds. The lowest BCUT2D eigenvalue weighted by atomic mass is 10.1. The number of para-hydroxylation sites is 1. The van der Waals surface area contributed by atoms with Crippen LogP contribution in [0.3, 0.4) is 0 Å². The monoisotopic (exact) mass is 327 g/mol. The molecule has 2 aromatic carbocycles. The number of hydrogen-bond acceptors (Lipinski definition) is 1. The lowest BCUT2D eigenvalue weighted by Crippen LogP contribution is -2.13. The van der Waals surface area contributed by atoms with Crippen molar-refractivity contribution in [2.24, 2.45) is 0 Å². The molecule has 1 N–H and O–H groups in total. The molecular weight excluding hydrogens is 317 g/mol. The smallest absolute Gasteiger partial charge is 0.255 e. The number of amides is 1. The number of anilines is 1. The molecule has 1 unspecified atom stereocenters. The molecule has 0 aliphatic heterocycles. The zero-order valence-corrected chi connectivity index (χ0v) is 12.9. The minimum Gasteiger partial charge on any atom is -0.322 e. The fourth-order valence-corrected chi connectivity index (χ4v) is 2.55. The molecular formula is C15H12Cl3NO. The van der Waals surface area contributed by atoms with Crippen LogP contribution in [-0.2, 0) is 0 Å². The van der Waals surface area contributed by atoms with Crippen LogP contribution in [-0.4, -0.2) is 5.91 Å². The number of hydrogen-bond donors (Lipinski definition) is 1. The Labute approximate surface area is 132 Å². The van der Waals surface area contributed by atoms with Gasteiger partial charge in [-0.05, 0) is 36.8 Å². The van der Waals surface area contributed by atoms with Gasteiger partial charge in [0, 0.05) is 21.3 Å². The summed E-state index contributed by atoms with van der Waals surface area (Å²) in [4.78, 5) is 12.2. The maximum atomic E-state index is 12.2. The largest absolute Gasteiger partial charge is 0.322 e. The number of alkyl halides is 1. The van der Waals surface area contributed by atoms with Gasteiger partial charge in [0.1, 0.15) is 0 Å². The Balaban J connectivity index is 2.28. The van der Waals surface area contributed by atoms with E-state index in [-0.39, 0.29) is 11.3 Å². The average Bonchev–Trinajstić information content (AvgIpc) is 2.37. The summed E-state index contributed by atoms with van der Waals surface area (Å²) < 4.78 is 0. The second-order valence-electron chi connectivity index (χ2n) is 4.32. The van der Waals surface area contributed by atoms with Crippen LogP contribution in [0.15, 0.2) is 42.5 Å². The van der Waals surface area contributed by atoms with Gasteiger partial charge >= 0.3 is 0 Å². The molecule has 1 atom stereocenters. The van der Waals surface area contributed by atoms with Crippen molar-refractivity contribution in [3.05, 3.63) is 63.6 Å². The van der Waals surface area contributed by atoms with Crippen LogP contribution in [0.4, 0.5) is 5.69 Å². The quantitative estimate of drug-likeness (QED) is 0.736. The van der Waals surface area contributed by atoms with Gasteiger partial charge in [-0.1, -0.05) is 41.4 Å². The van der Waals surface area contributed by atoms with E-state index in [9.17, 15) is 4.79 Å². The van der Waals surface area contributed by atoms with Crippen LogP contribution in [0, 0.1) is 0 Å². The summed E-state index contributed by atoms with van der Waals surface area (Å²) in [6, 6.07) is 12.1. The molecule has 0 bridgehead atoms. The molecule has 20 heavy (non-hydrogen) atoms. The minimum absolute atomic E-state index is 0.200. The fourth-order valence-electron chi connectivity index (χ4n) is 1.84. The molecule has 2 nitrogen and oxygen atoms in total. The van der Waals surface area contributed by atoms with Crippen molar-refractivity contribution in [2.75, 3.05) is 5.32 Å². The Morgan fingerprint density at radius 1 is 1.10 bits per heavy atom. The number of carbonyl (C=O) groups excluding carboxylic acids is 1. The second kappa shape index (κ2) is 6.49. The molecule has 0 aromatic heterocycles. The number of carbonyl (C=O) groups is 1. The molecule has 5 heteroatoms. The summed E-state index contributed by atoms with van der Waals surface area (Å²) in [5.74, 6) is -0.279. The van der Waals surface area contributed by atoms with Crippen molar-refractivity contribution in [1.29, 1.82) is 0 Å². The van der Waals surface area contributed by atoms with Crippen molar-refractivity contribution in [2.45, 2.75) is 12.3 Å². The van der Waals surface area contributed by atoms with Crippen molar-refractivity contribution >= 4 is 46.4 Å². The van der Waals surface area contributed by atoms with Gasteiger partial charge in [0.2, 0.25) is 0 Å². The molecule has 0 saturated carbocycles. The van der Waals surface area contributed by atoms with Gasteiger partial charge in [-0.15, -0.1) is 11.6 Å². The van der Waals surface area contributed by atoms with Crippen LogP contribution in [0.5, 0.6) is 0 Å². The molecule has 0 radical (unpaired) electrons. The van der Waals surface area contributed by atoms with Crippen LogP contribution in [0.2, 0.25) is 10.0 Å². The van der Waals surface area contributed by atoms with Crippen molar-refractivity contribution in [3.63, 3.8) is 0 Å². The van der Waals surface area contributed by atoms with Gasteiger partial charge in [-0.3, -0.25) is 4.79 Å². The van der Waals surface area contributed by atoms with E-state index in [2.05, 4.69) is 5.32 Å². The van der Waals surface area contributed by atoms with Crippen molar-refractivity contribution in [3.8, 4) is 0 Å². The first-order chi connectivity index (χ1) is 9.47. The first kappa shape index (κ1) is 15.2. The summed E-state index contributed by atoms with van der Waals surface area (Å²) in [7, 11) is 0. The normalized spacial score (nSPS) is 12.0. The van der Waals surface area contributed by atoms with Crippen molar-refractivity contribution < 1.29 is 4.79 Å². The predicted octanol–water partition coefficient (Wildman–Crippen LogP) is 5.55. The minimum atomic E-state index is -0.279. The fraction of sp³-hybridized carbons (Fsp3) is 0.133. The van der Waals surface area contributed by atoms with Gasteiger partial charge in [0.05, 0.1) is 5.38 Å².